The molecule has 2 unspecified atom stereocenters. The van der Waals surface area contributed by atoms with Crippen molar-refractivity contribution in [2.45, 2.75) is 51.7 Å². The van der Waals surface area contributed by atoms with E-state index < -0.39 is 11.8 Å². The smallest absolute Gasteiger partial charge is 0.325 e. The summed E-state index contributed by atoms with van der Waals surface area (Å²) in [5.74, 6) is 0.327. The molecule has 4 heterocycles. The van der Waals surface area contributed by atoms with E-state index in [-0.39, 0.29) is 29.1 Å². The van der Waals surface area contributed by atoms with Crippen LogP contribution in [0.4, 0.5) is 20.7 Å². The molecule has 202 valence electrons. The SMILES string of the molecule is CC(N)Cc1cc(C2=CC3NC=C(c4ccc(NC(=O)Nc5cc(C(C)(C)C)on5)c(F)c4)N3C=C2)ccn1. The molecule has 1 aromatic carbocycles. The monoisotopic (exact) mass is 529 g/mol. The molecular formula is C29H32FN7O2. The second-order valence-corrected chi connectivity index (χ2v) is 10.8. The number of carbonyl (C=O) groups is 1. The zero-order valence-electron chi connectivity index (χ0n) is 22.3. The molecule has 2 amide bonds. The third kappa shape index (κ3) is 5.85. The fourth-order valence-electron chi connectivity index (χ4n) is 4.41. The van der Waals surface area contributed by atoms with Gasteiger partial charge < -0.3 is 25.8 Å². The summed E-state index contributed by atoms with van der Waals surface area (Å²) in [7, 11) is 0. The highest BCUT2D eigenvalue weighted by Crippen LogP contribution is 2.33. The number of halogens is 1. The summed E-state index contributed by atoms with van der Waals surface area (Å²) in [4.78, 5) is 18.9. The van der Waals surface area contributed by atoms with Gasteiger partial charge in [-0.1, -0.05) is 32.0 Å². The van der Waals surface area contributed by atoms with Crippen LogP contribution in [0.5, 0.6) is 0 Å². The molecule has 3 aromatic rings. The Balaban J connectivity index is 1.24. The van der Waals surface area contributed by atoms with Gasteiger partial charge in [-0.25, -0.2) is 9.18 Å². The number of allylic oxidation sites excluding steroid dienone is 2. The fraction of sp³-hybridized carbons (Fsp3) is 0.276. The number of urea groups is 1. The number of nitrogens with one attached hydrogen (secondary N) is 3. The van der Waals surface area contributed by atoms with Crippen LogP contribution in [0.2, 0.25) is 0 Å². The molecule has 2 aliphatic rings. The van der Waals surface area contributed by atoms with E-state index in [4.69, 9.17) is 10.3 Å². The first-order valence-electron chi connectivity index (χ1n) is 12.8. The van der Waals surface area contributed by atoms with Gasteiger partial charge in [0, 0.05) is 53.8 Å². The highest BCUT2D eigenvalue weighted by atomic mass is 19.1. The normalized spacial score (nSPS) is 17.2. The third-order valence-electron chi connectivity index (χ3n) is 6.41. The number of rotatable bonds is 6. The maximum absolute atomic E-state index is 15.0. The van der Waals surface area contributed by atoms with Crippen LogP contribution in [0.1, 0.15) is 50.3 Å². The van der Waals surface area contributed by atoms with Crippen molar-refractivity contribution < 1.29 is 13.7 Å². The number of nitrogens with zero attached hydrogens (tertiary/aromatic N) is 3. The minimum absolute atomic E-state index is 0.0360. The molecule has 0 fully saturated rings. The van der Waals surface area contributed by atoms with Crippen molar-refractivity contribution in [2.24, 2.45) is 5.73 Å². The van der Waals surface area contributed by atoms with Crippen LogP contribution in [-0.4, -0.2) is 33.3 Å². The number of fused-ring (bicyclic) bond motifs is 1. The lowest BCUT2D eigenvalue weighted by Gasteiger charge is -2.28. The molecule has 0 bridgehead atoms. The first-order chi connectivity index (χ1) is 18.6. The highest BCUT2D eigenvalue weighted by molar-refractivity contribution is 5.99. The van der Waals surface area contributed by atoms with Crippen LogP contribution in [0, 0.1) is 5.82 Å². The number of nitrogens with two attached hydrogens (primary N) is 1. The van der Waals surface area contributed by atoms with Crippen molar-refractivity contribution in [3.63, 3.8) is 0 Å². The molecule has 10 heteroatoms. The third-order valence-corrected chi connectivity index (χ3v) is 6.41. The van der Waals surface area contributed by atoms with E-state index in [0.717, 1.165) is 22.5 Å². The number of amides is 2. The van der Waals surface area contributed by atoms with E-state index in [2.05, 4.69) is 38.2 Å². The van der Waals surface area contributed by atoms with Crippen molar-refractivity contribution in [1.82, 2.24) is 20.4 Å². The van der Waals surface area contributed by atoms with Crippen LogP contribution >= 0.6 is 0 Å². The molecule has 0 saturated heterocycles. The Morgan fingerprint density at radius 1 is 1.21 bits per heavy atom. The number of aromatic nitrogens is 2. The first-order valence-corrected chi connectivity index (χ1v) is 12.8. The minimum atomic E-state index is -0.617. The van der Waals surface area contributed by atoms with Crippen molar-refractivity contribution in [3.8, 4) is 0 Å². The van der Waals surface area contributed by atoms with Crippen LogP contribution < -0.4 is 21.7 Å². The van der Waals surface area contributed by atoms with Crippen molar-refractivity contribution >= 4 is 28.8 Å². The van der Waals surface area contributed by atoms with Crippen molar-refractivity contribution in [1.29, 1.82) is 0 Å². The van der Waals surface area contributed by atoms with E-state index in [9.17, 15) is 4.79 Å². The van der Waals surface area contributed by atoms with Gasteiger partial charge in [-0.3, -0.25) is 10.3 Å². The summed E-state index contributed by atoms with van der Waals surface area (Å²) in [5, 5.41) is 12.3. The van der Waals surface area contributed by atoms with Crippen LogP contribution in [0.25, 0.3) is 11.3 Å². The first kappa shape index (κ1) is 26.2. The van der Waals surface area contributed by atoms with Gasteiger partial charge in [0.15, 0.2) is 5.82 Å². The maximum Gasteiger partial charge on any atom is 0.325 e. The summed E-state index contributed by atoms with van der Waals surface area (Å²) in [5.41, 5.74) is 10.3. The predicted molar refractivity (Wildman–Crippen MR) is 150 cm³/mol. The lowest BCUT2D eigenvalue weighted by molar-refractivity contribution is 0.261. The van der Waals surface area contributed by atoms with E-state index in [1.165, 1.54) is 12.1 Å². The Hall–Kier alpha value is -4.44. The van der Waals surface area contributed by atoms with Crippen LogP contribution in [0.3, 0.4) is 0 Å². The van der Waals surface area contributed by atoms with Crippen LogP contribution in [-0.2, 0) is 11.8 Å². The van der Waals surface area contributed by atoms with Gasteiger partial charge in [-0.15, -0.1) is 0 Å². The molecule has 2 aliphatic heterocycles. The van der Waals surface area contributed by atoms with Gasteiger partial charge in [-0.2, -0.15) is 0 Å². The number of anilines is 2. The van der Waals surface area contributed by atoms with E-state index >= 15 is 4.39 Å². The molecule has 5 N–H and O–H groups in total. The minimum Gasteiger partial charge on any atom is -0.366 e. The molecule has 2 atom stereocenters. The fourth-order valence-corrected chi connectivity index (χ4v) is 4.41. The van der Waals surface area contributed by atoms with Gasteiger partial charge in [0.25, 0.3) is 0 Å². The molecule has 2 aromatic heterocycles. The Labute approximate surface area is 226 Å². The zero-order valence-corrected chi connectivity index (χ0v) is 22.3. The molecule has 0 radical (unpaired) electrons. The number of pyridine rings is 1. The Morgan fingerprint density at radius 2 is 2.03 bits per heavy atom. The molecule has 0 saturated carbocycles. The summed E-state index contributed by atoms with van der Waals surface area (Å²) in [6, 6.07) is 9.80. The van der Waals surface area contributed by atoms with Gasteiger partial charge in [0.1, 0.15) is 17.7 Å². The van der Waals surface area contributed by atoms with Crippen molar-refractivity contribution in [3.05, 3.63) is 95.5 Å². The lowest BCUT2D eigenvalue weighted by atomic mass is 9.93. The summed E-state index contributed by atoms with van der Waals surface area (Å²) in [6.45, 7) is 7.88. The van der Waals surface area contributed by atoms with Gasteiger partial charge >= 0.3 is 6.03 Å². The molecule has 5 rings (SSSR count). The Kier molecular flexibility index (Phi) is 6.96. The summed E-state index contributed by atoms with van der Waals surface area (Å²) in [6.07, 6.45) is 10.4. The highest BCUT2D eigenvalue weighted by Gasteiger charge is 2.27. The van der Waals surface area contributed by atoms with Crippen LogP contribution in [0.15, 0.2) is 71.7 Å². The second kappa shape index (κ2) is 10.4. The van der Waals surface area contributed by atoms with Gasteiger partial charge in [-0.05, 0) is 54.5 Å². The molecular weight excluding hydrogens is 497 g/mol. The number of hydrogen-bond acceptors (Lipinski definition) is 7. The topological polar surface area (TPSA) is 121 Å². The maximum atomic E-state index is 15.0. The molecule has 0 spiro atoms. The summed E-state index contributed by atoms with van der Waals surface area (Å²) >= 11 is 0. The Bertz CT molecular complexity index is 1480. The number of benzene rings is 1. The second-order valence-electron chi connectivity index (χ2n) is 10.8. The van der Waals surface area contributed by atoms with Crippen molar-refractivity contribution in [2.75, 3.05) is 10.6 Å². The summed E-state index contributed by atoms with van der Waals surface area (Å²) < 4.78 is 20.3. The lowest BCUT2D eigenvalue weighted by Crippen LogP contribution is -2.32. The average molecular weight is 530 g/mol. The molecule has 9 nitrogen and oxygen atoms in total. The Morgan fingerprint density at radius 3 is 2.74 bits per heavy atom. The zero-order chi connectivity index (χ0) is 27.7. The number of carbonyl (C=O) groups excluding carboxylic acids is 1. The van der Waals surface area contributed by atoms with Gasteiger partial charge in [0.2, 0.25) is 0 Å². The largest absolute Gasteiger partial charge is 0.366 e. The quantitative estimate of drug-likeness (QED) is 0.347. The standard InChI is InChI=1S/C29H32FN7O2/c1-17(31)11-21-12-18(7-9-32-21)19-8-10-37-24(16-33-27(37)14-19)20-5-6-23(22(30)13-20)34-28(38)35-26-15-25(39-36-26)29(2,3)4/h5-10,12-17,27,33H,11,31H2,1-4H3,(H2,34,35,36,38). The number of hydrogen-bond donors (Lipinski definition) is 4. The van der Waals surface area contributed by atoms with E-state index in [0.29, 0.717) is 17.7 Å². The van der Waals surface area contributed by atoms with Gasteiger partial charge in [0.05, 0.1) is 11.4 Å². The van der Waals surface area contributed by atoms with E-state index in [1.807, 2.05) is 57.1 Å². The predicted octanol–water partition coefficient (Wildman–Crippen LogP) is 5.18. The van der Waals surface area contributed by atoms with E-state index in [1.54, 1.807) is 18.3 Å². The average Bonchev–Trinajstić information content (AvgIpc) is 3.52. The molecule has 0 aliphatic carbocycles. The molecule has 39 heavy (non-hydrogen) atoms.